The van der Waals surface area contributed by atoms with Crippen molar-refractivity contribution in [3.63, 3.8) is 0 Å². The number of fused-ring (bicyclic) bond motifs is 1. The molecule has 0 atom stereocenters. The number of ether oxygens (including phenoxy) is 1. The number of nitrogens with zero attached hydrogens (tertiary/aromatic N) is 2. The third-order valence-corrected chi connectivity index (χ3v) is 3.21. The number of para-hydroxylation sites is 2. The van der Waals surface area contributed by atoms with Crippen LogP contribution in [-0.2, 0) is 13.0 Å². The van der Waals surface area contributed by atoms with Gasteiger partial charge in [0.1, 0.15) is 5.75 Å². The molecule has 1 aromatic heterocycles. The number of aromatic nitrogens is 2. The van der Waals surface area contributed by atoms with Crippen molar-refractivity contribution in [2.45, 2.75) is 19.9 Å². The lowest BCUT2D eigenvalue weighted by Gasteiger charge is -2.17. The smallest absolute Gasteiger partial charge is 0.143 e. The van der Waals surface area contributed by atoms with Gasteiger partial charge in [0.2, 0.25) is 0 Å². The molecular formula is C14H17N3O. The summed E-state index contributed by atoms with van der Waals surface area (Å²) in [5.41, 5.74) is 3.52. The molecule has 0 unspecified atom stereocenters. The summed E-state index contributed by atoms with van der Waals surface area (Å²) in [6.07, 6.45) is 2.91. The van der Waals surface area contributed by atoms with Gasteiger partial charge in [0.15, 0.2) is 0 Å². The molecule has 4 nitrogen and oxygen atoms in total. The van der Waals surface area contributed by atoms with Crippen LogP contribution in [0.4, 0.5) is 0 Å². The zero-order chi connectivity index (χ0) is 12.4. The fraction of sp³-hybridized carbons (Fsp3) is 0.357. The minimum atomic E-state index is 0.676. The van der Waals surface area contributed by atoms with Gasteiger partial charge < -0.3 is 10.1 Å². The average molecular weight is 243 g/mol. The number of hydrogen-bond acceptors (Lipinski definition) is 3. The number of imidazole rings is 1. The highest BCUT2D eigenvalue weighted by molar-refractivity contribution is 5.48. The minimum Gasteiger partial charge on any atom is -0.492 e. The molecule has 0 aliphatic carbocycles. The molecule has 0 fully saturated rings. The van der Waals surface area contributed by atoms with E-state index < -0.39 is 0 Å². The number of hydrogen-bond donors (Lipinski definition) is 1. The molecular weight excluding hydrogens is 226 g/mol. The molecule has 0 saturated heterocycles. The maximum Gasteiger partial charge on any atom is 0.143 e. The fourth-order valence-corrected chi connectivity index (χ4v) is 2.38. The van der Waals surface area contributed by atoms with E-state index >= 15 is 0 Å². The summed E-state index contributed by atoms with van der Waals surface area (Å²) in [4.78, 5) is 4.48. The Kier molecular flexibility index (Phi) is 3.02. The molecule has 1 N–H and O–H groups in total. The van der Waals surface area contributed by atoms with Crippen LogP contribution in [0.25, 0.3) is 5.69 Å². The van der Waals surface area contributed by atoms with Crippen molar-refractivity contribution in [2.75, 3.05) is 13.2 Å². The highest BCUT2D eigenvalue weighted by Gasteiger charge is 2.17. The molecule has 1 aromatic carbocycles. The lowest BCUT2D eigenvalue weighted by molar-refractivity contribution is 0.339. The van der Waals surface area contributed by atoms with E-state index in [1.807, 2.05) is 31.5 Å². The first-order chi connectivity index (χ1) is 8.90. The van der Waals surface area contributed by atoms with Gasteiger partial charge >= 0.3 is 0 Å². The van der Waals surface area contributed by atoms with Gasteiger partial charge in [-0.25, -0.2) is 4.98 Å². The van der Waals surface area contributed by atoms with Gasteiger partial charge in [0.25, 0.3) is 0 Å². The lowest BCUT2D eigenvalue weighted by atomic mass is 10.1. The summed E-state index contributed by atoms with van der Waals surface area (Å²) in [6.45, 7) is 4.55. The van der Waals surface area contributed by atoms with Gasteiger partial charge in [-0.05, 0) is 19.1 Å². The second-order valence-electron chi connectivity index (χ2n) is 4.34. The molecule has 1 aliphatic heterocycles. The Morgan fingerprint density at radius 2 is 2.28 bits per heavy atom. The van der Waals surface area contributed by atoms with Gasteiger partial charge in [-0.2, -0.15) is 0 Å². The highest BCUT2D eigenvalue weighted by atomic mass is 16.5. The van der Waals surface area contributed by atoms with Crippen molar-refractivity contribution >= 4 is 0 Å². The van der Waals surface area contributed by atoms with E-state index in [9.17, 15) is 0 Å². The van der Waals surface area contributed by atoms with Crippen molar-refractivity contribution in [2.24, 2.45) is 0 Å². The van der Waals surface area contributed by atoms with E-state index in [-0.39, 0.29) is 0 Å². The summed E-state index contributed by atoms with van der Waals surface area (Å²) in [6, 6.07) is 8.12. The first-order valence-electron chi connectivity index (χ1n) is 6.38. The number of rotatable bonds is 3. The predicted octanol–water partition coefficient (Wildman–Crippen LogP) is 1.92. The van der Waals surface area contributed by atoms with E-state index in [1.165, 1.54) is 5.69 Å². The van der Waals surface area contributed by atoms with Crippen LogP contribution in [0.3, 0.4) is 0 Å². The van der Waals surface area contributed by atoms with E-state index in [2.05, 4.69) is 20.9 Å². The Hall–Kier alpha value is -1.81. The SMILES string of the molecule is CCOc1ccccc1-n1cnc2c1CCNC2. The molecule has 0 bridgehead atoms. The van der Waals surface area contributed by atoms with Crippen LogP contribution in [-0.4, -0.2) is 22.7 Å². The lowest BCUT2D eigenvalue weighted by Crippen LogP contribution is -2.24. The van der Waals surface area contributed by atoms with Crippen molar-refractivity contribution in [3.05, 3.63) is 42.0 Å². The standard InChI is InChI=1S/C14H17N3O/c1-2-18-14-6-4-3-5-13(14)17-10-16-11-9-15-8-7-12(11)17/h3-6,10,15H,2,7-9H2,1H3. The summed E-state index contributed by atoms with van der Waals surface area (Å²) >= 11 is 0. The van der Waals surface area contributed by atoms with Gasteiger partial charge in [0.05, 0.1) is 24.3 Å². The third kappa shape index (κ3) is 1.88. The molecule has 0 amide bonds. The van der Waals surface area contributed by atoms with Crippen molar-refractivity contribution < 1.29 is 4.74 Å². The second-order valence-corrected chi connectivity index (χ2v) is 4.34. The predicted molar refractivity (Wildman–Crippen MR) is 70.1 cm³/mol. The summed E-state index contributed by atoms with van der Waals surface area (Å²) in [5.74, 6) is 0.915. The summed E-state index contributed by atoms with van der Waals surface area (Å²) < 4.78 is 7.84. The Balaban J connectivity index is 2.07. The molecule has 1 aliphatic rings. The Morgan fingerprint density at radius 1 is 1.39 bits per heavy atom. The van der Waals surface area contributed by atoms with Crippen LogP contribution in [0.5, 0.6) is 5.75 Å². The topological polar surface area (TPSA) is 39.1 Å². The van der Waals surface area contributed by atoms with E-state index in [4.69, 9.17) is 4.74 Å². The molecule has 3 rings (SSSR count). The molecule has 2 heterocycles. The molecule has 94 valence electrons. The molecule has 0 radical (unpaired) electrons. The summed E-state index contributed by atoms with van der Waals surface area (Å²) in [5, 5.41) is 3.34. The van der Waals surface area contributed by atoms with Crippen LogP contribution in [0.1, 0.15) is 18.3 Å². The quantitative estimate of drug-likeness (QED) is 0.895. The number of benzene rings is 1. The summed E-state index contributed by atoms with van der Waals surface area (Å²) in [7, 11) is 0. The van der Waals surface area contributed by atoms with Crippen LogP contribution in [0, 0.1) is 0 Å². The van der Waals surface area contributed by atoms with Crippen LogP contribution in [0.15, 0.2) is 30.6 Å². The van der Waals surface area contributed by atoms with Crippen LogP contribution in [0.2, 0.25) is 0 Å². The van der Waals surface area contributed by atoms with Crippen LogP contribution < -0.4 is 10.1 Å². The zero-order valence-corrected chi connectivity index (χ0v) is 10.5. The third-order valence-electron chi connectivity index (χ3n) is 3.21. The Morgan fingerprint density at radius 3 is 3.17 bits per heavy atom. The average Bonchev–Trinajstić information content (AvgIpc) is 2.84. The Labute approximate surface area is 107 Å². The van der Waals surface area contributed by atoms with E-state index in [1.54, 1.807) is 0 Å². The van der Waals surface area contributed by atoms with Gasteiger partial charge in [0, 0.05) is 25.2 Å². The Bertz CT molecular complexity index is 548. The molecule has 0 spiro atoms. The fourth-order valence-electron chi connectivity index (χ4n) is 2.38. The zero-order valence-electron chi connectivity index (χ0n) is 10.5. The molecule has 18 heavy (non-hydrogen) atoms. The number of nitrogens with one attached hydrogen (secondary N) is 1. The normalized spacial score (nSPS) is 14.3. The monoisotopic (exact) mass is 243 g/mol. The molecule has 0 saturated carbocycles. The van der Waals surface area contributed by atoms with Crippen molar-refractivity contribution in [1.82, 2.24) is 14.9 Å². The first kappa shape index (κ1) is 11.3. The molecule has 2 aromatic rings. The van der Waals surface area contributed by atoms with E-state index in [0.29, 0.717) is 6.61 Å². The van der Waals surface area contributed by atoms with Crippen LogP contribution >= 0.6 is 0 Å². The first-order valence-corrected chi connectivity index (χ1v) is 6.38. The van der Waals surface area contributed by atoms with Gasteiger partial charge in [-0.3, -0.25) is 4.57 Å². The van der Waals surface area contributed by atoms with Crippen molar-refractivity contribution in [1.29, 1.82) is 0 Å². The maximum atomic E-state index is 5.69. The highest BCUT2D eigenvalue weighted by Crippen LogP contribution is 2.26. The maximum absolute atomic E-state index is 5.69. The minimum absolute atomic E-state index is 0.676. The second kappa shape index (κ2) is 4.82. The molecule has 4 heteroatoms. The van der Waals surface area contributed by atoms with Crippen molar-refractivity contribution in [3.8, 4) is 11.4 Å². The van der Waals surface area contributed by atoms with Gasteiger partial charge in [-0.15, -0.1) is 0 Å². The largest absolute Gasteiger partial charge is 0.492 e. The van der Waals surface area contributed by atoms with E-state index in [0.717, 1.165) is 36.6 Å². The van der Waals surface area contributed by atoms with Gasteiger partial charge in [-0.1, -0.05) is 12.1 Å².